The second kappa shape index (κ2) is 7.10. The number of hydrogen-bond acceptors (Lipinski definition) is 7. The molecule has 0 fully saturated rings. The Morgan fingerprint density at radius 2 is 2.04 bits per heavy atom. The van der Waals surface area contributed by atoms with Crippen LogP contribution in [0.25, 0.3) is 0 Å². The summed E-state index contributed by atoms with van der Waals surface area (Å²) in [6.45, 7) is 3.38. The zero-order valence-electron chi connectivity index (χ0n) is 12.9. The van der Waals surface area contributed by atoms with Crippen molar-refractivity contribution < 1.29 is 13.7 Å². The average molecular weight is 364 g/mol. The smallest absolute Gasteiger partial charge is 0.263 e. The van der Waals surface area contributed by atoms with Crippen LogP contribution >= 0.6 is 23.1 Å². The van der Waals surface area contributed by atoms with E-state index in [0.29, 0.717) is 32.2 Å². The molecule has 6 nitrogen and oxygen atoms in total. The molecule has 0 atom stereocenters. The van der Waals surface area contributed by atoms with Gasteiger partial charge >= 0.3 is 0 Å². The lowest BCUT2D eigenvalue weighted by atomic mass is 10.2. The van der Waals surface area contributed by atoms with Gasteiger partial charge in [0, 0.05) is 5.75 Å². The van der Waals surface area contributed by atoms with Crippen LogP contribution in [-0.4, -0.2) is 21.3 Å². The van der Waals surface area contributed by atoms with Gasteiger partial charge in [-0.3, -0.25) is 10.1 Å². The van der Waals surface area contributed by atoms with Crippen LogP contribution in [0.2, 0.25) is 0 Å². The number of hydrogen-bond donors (Lipinski definition) is 1. The summed E-state index contributed by atoms with van der Waals surface area (Å²) >= 11 is 2.75. The van der Waals surface area contributed by atoms with Gasteiger partial charge in [0.1, 0.15) is 17.1 Å². The molecule has 3 aromatic rings. The highest BCUT2D eigenvalue weighted by Crippen LogP contribution is 2.28. The van der Waals surface area contributed by atoms with Gasteiger partial charge < -0.3 is 4.52 Å². The molecule has 2 heterocycles. The van der Waals surface area contributed by atoms with Crippen molar-refractivity contribution in [2.75, 3.05) is 5.32 Å². The van der Waals surface area contributed by atoms with Crippen LogP contribution in [0.1, 0.15) is 27.4 Å². The van der Waals surface area contributed by atoms with E-state index in [1.807, 2.05) is 0 Å². The van der Waals surface area contributed by atoms with E-state index in [4.69, 9.17) is 4.52 Å². The van der Waals surface area contributed by atoms with Gasteiger partial charge in [-0.25, -0.2) is 4.39 Å². The molecular formula is C15H13FN4O2S2. The maximum atomic E-state index is 12.9. The summed E-state index contributed by atoms with van der Waals surface area (Å²) in [6, 6.07) is 6.30. The second-order valence-electron chi connectivity index (χ2n) is 4.94. The van der Waals surface area contributed by atoms with Gasteiger partial charge in [0.25, 0.3) is 5.91 Å². The van der Waals surface area contributed by atoms with E-state index in [0.717, 1.165) is 5.56 Å². The maximum absolute atomic E-state index is 12.9. The molecule has 0 saturated carbocycles. The van der Waals surface area contributed by atoms with Crippen molar-refractivity contribution in [1.29, 1.82) is 0 Å². The van der Waals surface area contributed by atoms with Crippen molar-refractivity contribution in [1.82, 2.24) is 15.4 Å². The number of benzene rings is 1. The van der Waals surface area contributed by atoms with Crippen LogP contribution < -0.4 is 5.32 Å². The highest BCUT2D eigenvalue weighted by molar-refractivity contribution is 8.00. The van der Waals surface area contributed by atoms with E-state index < -0.39 is 0 Å². The molecule has 1 amide bonds. The summed E-state index contributed by atoms with van der Waals surface area (Å²) in [5, 5.41) is 14.8. The molecule has 0 spiro atoms. The number of halogens is 1. The van der Waals surface area contributed by atoms with Gasteiger partial charge in [-0.1, -0.05) is 40.4 Å². The first-order valence-corrected chi connectivity index (χ1v) is 8.78. The molecule has 1 N–H and O–H groups in total. The summed E-state index contributed by atoms with van der Waals surface area (Å²) in [5.41, 5.74) is 1.92. The third-order valence-electron chi connectivity index (χ3n) is 3.16. The number of thioether (sulfide) groups is 1. The van der Waals surface area contributed by atoms with Crippen molar-refractivity contribution in [3.05, 3.63) is 52.7 Å². The Bertz CT molecular complexity index is 841. The number of nitrogens with one attached hydrogen (secondary N) is 1. The van der Waals surface area contributed by atoms with Crippen molar-refractivity contribution in [3.63, 3.8) is 0 Å². The minimum atomic E-state index is -0.322. The summed E-state index contributed by atoms with van der Waals surface area (Å²) in [6.07, 6.45) is 0. The fourth-order valence-corrected chi connectivity index (χ4v) is 3.71. The standard InChI is InChI=1S/C15H13FN4O2S2/c1-8-12(9(2)22-20-8)13(21)17-14-18-19-15(24-14)23-7-10-3-5-11(16)6-4-10/h3-6H,7H2,1-2H3,(H,17,18,21). The number of nitrogens with zero attached hydrogens (tertiary/aromatic N) is 3. The minimum absolute atomic E-state index is 0.260. The van der Waals surface area contributed by atoms with Gasteiger partial charge in [-0.15, -0.1) is 10.2 Å². The monoisotopic (exact) mass is 364 g/mol. The predicted molar refractivity (Wildman–Crippen MR) is 89.8 cm³/mol. The third kappa shape index (κ3) is 3.80. The molecule has 1 aromatic carbocycles. The number of anilines is 1. The molecule has 0 saturated heterocycles. The Hall–Kier alpha value is -2.26. The lowest BCUT2D eigenvalue weighted by molar-refractivity contribution is 0.102. The molecule has 2 aromatic heterocycles. The number of amides is 1. The van der Waals surface area contributed by atoms with Gasteiger partial charge in [-0.2, -0.15) is 0 Å². The van der Waals surface area contributed by atoms with Gasteiger partial charge in [0.2, 0.25) is 5.13 Å². The summed E-state index contributed by atoms with van der Waals surface area (Å²) in [7, 11) is 0. The largest absolute Gasteiger partial charge is 0.361 e. The first kappa shape index (κ1) is 16.6. The fourth-order valence-electron chi connectivity index (χ4n) is 2.01. The first-order chi connectivity index (χ1) is 11.5. The Balaban J connectivity index is 1.61. The zero-order valence-corrected chi connectivity index (χ0v) is 14.5. The SMILES string of the molecule is Cc1noc(C)c1C(=O)Nc1nnc(SCc2ccc(F)cc2)s1. The zero-order chi connectivity index (χ0) is 17.1. The normalized spacial score (nSPS) is 10.8. The van der Waals surface area contributed by atoms with E-state index >= 15 is 0 Å². The molecule has 24 heavy (non-hydrogen) atoms. The van der Waals surface area contributed by atoms with Gasteiger partial charge in [0.05, 0.1) is 5.69 Å². The lowest BCUT2D eigenvalue weighted by Crippen LogP contribution is -2.13. The minimum Gasteiger partial charge on any atom is -0.361 e. The van der Waals surface area contributed by atoms with Crippen LogP contribution in [0, 0.1) is 19.7 Å². The van der Waals surface area contributed by atoms with E-state index in [-0.39, 0.29) is 11.7 Å². The molecule has 0 bridgehead atoms. The van der Waals surface area contributed by atoms with Crippen molar-refractivity contribution in [3.8, 4) is 0 Å². The molecule has 0 radical (unpaired) electrons. The van der Waals surface area contributed by atoms with Gasteiger partial charge in [0.15, 0.2) is 4.34 Å². The molecule has 3 rings (SSSR count). The van der Waals surface area contributed by atoms with Crippen molar-refractivity contribution >= 4 is 34.1 Å². The van der Waals surface area contributed by atoms with Crippen LogP contribution in [0.3, 0.4) is 0 Å². The average Bonchev–Trinajstić information content (AvgIpc) is 3.13. The highest BCUT2D eigenvalue weighted by atomic mass is 32.2. The fraction of sp³-hybridized carbons (Fsp3) is 0.200. The molecule has 0 unspecified atom stereocenters. The second-order valence-corrected chi connectivity index (χ2v) is 7.14. The third-order valence-corrected chi connectivity index (χ3v) is 5.21. The number of aryl methyl sites for hydroxylation is 2. The Morgan fingerprint density at radius 3 is 2.71 bits per heavy atom. The van der Waals surface area contributed by atoms with E-state index in [1.54, 1.807) is 26.0 Å². The summed E-state index contributed by atoms with van der Waals surface area (Å²) in [4.78, 5) is 12.2. The quantitative estimate of drug-likeness (QED) is 0.547. The van der Waals surface area contributed by atoms with E-state index in [1.165, 1.54) is 35.2 Å². The van der Waals surface area contributed by atoms with Gasteiger partial charge in [-0.05, 0) is 31.5 Å². The molecule has 124 valence electrons. The van der Waals surface area contributed by atoms with Crippen LogP contribution in [0.4, 0.5) is 9.52 Å². The number of carbonyl (C=O) groups is 1. The Kier molecular flexibility index (Phi) is 4.91. The lowest BCUT2D eigenvalue weighted by Gasteiger charge is -1.99. The van der Waals surface area contributed by atoms with Crippen LogP contribution in [0.5, 0.6) is 0 Å². The molecule has 0 aliphatic heterocycles. The Morgan fingerprint density at radius 1 is 1.29 bits per heavy atom. The topological polar surface area (TPSA) is 80.9 Å². The summed E-state index contributed by atoms with van der Waals surface area (Å²) in [5.74, 6) is 0.522. The first-order valence-electron chi connectivity index (χ1n) is 6.98. The van der Waals surface area contributed by atoms with Crippen LogP contribution in [-0.2, 0) is 5.75 Å². The van der Waals surface area contributed by atoms with E-state index in [9.17, 15) is 9.18 Å². The molecular weight excluding hydrogens is 351 g/mol. The number of rotatable bonds is 5. The van der Waals surface area contributed by atoms with E-state index in [2.05, 4.69) is 20.7 Å². The predicted octanol–water partition coefficient (Wildman–Crippen LogP) is 3.83. The number of carbonyl (C=O) groups excluding carboxylic acids is 1. The van der Waals surface area contributed by atoms with Crippen LogP contribution in [0.15, 0.2) is 33.1 Å². The maximum Gasteiger partial charge on any atom is 0.263 e. The molecule has 0 aliphatic carbocycles. The van der Waals surface area contributed by atoms with Crippen molar-refractivity contribution in [2.24, 2.45) is 0 Å². The molecule has 0 aliphatic rings. The number of aromatic nitrogens is 3. The highest BCUT2D eigenvalue weighted by Gasteiger charge is 2.19. The molecule has 9 heteroatoms. The van der Waals surface area contributed by atoms with Crippen molar-refractivity contribution in [2.45, 2.75) is 23.9 Å². The Labute approximate surface area is 145 Å². The summed E-state index contributed by atoms with van der Waals surface area (Å²) < 4.78 is 18.6.